The van der Waals surface area contributed by atoms with E-state index in [4.69, 9.17) is 5.73 Å². The van der Waals surface area contributed by atoms with Crippen LogP contribution in [-0.2, 0) is 10.3 Å². The molecule has 2 aromatic rings. The molecule has 0 aliphatic carbocycles. The van der Waals surface area contributed by atoms with E-state index in [1.807, 2.05) is 42.6 Å². The highest BCUT2D eigenvalue weighted by Gasteiger charge is 2.31. The van der Waals surface area contributed by atoms with Crippen molar-refractivity contribution in [3.8, 4) is 0 Å². The van der Waals surface area contributed by atoms with Gasteiger partial charge in [-0.3, -0.25) is 4.79 Å². The van der Waals surface area contributed by atoms with Gasteiger partial charge in [0.05, 0.1) is 6.04 Å². The lowest BCUT2D eigenvalue weighted by Crippen LogP contribution is -2.49. The van der Waals surface area contributed by atoms with Crippen LogP contribution in [0.3, 0.4) is 0 Å². The minimum absolute atomic E-state index is 0.140. The largest absolute Gasteiger partial charge is 0.345 e. The SMILES string of the molecule is CC(NC(=O)C(C)(N)c1ccccc1)c1nccs1. The number of rotatable bonds is 4. The van der Waals surface area contributed by atoms with Crippen LogP contribution < -0.4 is 11.1 Å². The highest BCUT2D eigenvalue weighted by Crippen LogP contribution is 2.20. The second-order valence-corrected chi connectivity index (χ2v) is 5.56. The van der Waals surface area contributed by atoms with Gasteiger partial charge in [0.15, 0.2) is 0 Å². The third-order valence-corrected chi connectivity index (χ3v) is 3.97. The zero-order valence-corrected chi connectivity index (χ0v) is 11.8. The van der Waals surface area contributed by atoms with Crippen molar-refractivity contribution < 1.29 is 4.79 Å². The summed E-state index contributed by atoms with van der Waals surface area (Å²) in [5, 5.41) is 5.66. The molecule has 1 amide bonds. The average Bonchev–Trinajstić information content (AvgIpc) is 2.93. The molecule has 0 saturated carbocycles. The van der Waals surface area contributed by atoms with Gasteiger partial charge in [0, 0.05) is 11.6 Å². The van der Waals surface area contributed by atoms with Crippen molar-refractivity contribution in [2.45, 2.75) is 25.4 Å². The molecule has 1 aromatic heterocycles. The second kappa shape index (κ2) is 5.50. The van der Waals surface area contributed by atoms with Crippen LogP contribution in [0, 0.1) is 0 Å². The summed E-state index contributed by atoms with van der Waals surface area (Å²) in [6.07, 6.45) is 1.72. The van der Waals surface area contributed by atoms with Crippen LogP contribution in [0.15, 0.2) is 41.9 Å². The van der Waals surface area contributed by atoms with Crippen LogP contribution in [0.25, 0.3) is 0 Å². The molecule has 19 heavy (non-hydrogen) atoms. The first kappa shape index (κ1) is 13.7. The summed E-state index contributed by atoms with van der Waals surface area (Å²) in [6, 6.07) is 9.21. The summed E-state index contributed by atoms with van der Waals surface area (Å²) < 4.78 is 0. The summed E-state index contributed by atoms with van der Waals surface area (Å²) >= 11 is 1.51. The number of nitrogens with zero attached hydrogens (tertiary/aromatic N) is 1. The van der Waals surface area contributed by atoms with E-state index < -0.39 is 5.54 Å². The highest BCUT2D eigenvalue weighted by molar-refractivity contribution is 7.09. The minimum atomic E-state index is -1.05. The van der Waals surface area contributed by atoms with Crippen molar-refractivity contribution in [3.05, 3.63) is 52.5 Å². The number of nitrogens with one attached hydrogen (secondary N) is 1. The fraction of sp³-hybridized carbons (Fsp3) is 0.286. The minimum Gasteiger partial charge on any atom is -0.345 e. The fourth-order valence-electron chi connectivity index (χ4n) is 1.77. The number of thiazole rings is 1. The molecule has 0 radical (unpaired) electrons. The molecule has 0 saturated heterocycles. The predicted molar refractivity (Wildman–Crippen MR) is 76.7 cm³/mol. The standard InChI is InChI=1S/C14H17N3OS/c1-10(12-16-8-9-19-12)17-13(18)14(2,15)11-6-4-3-5-7-11/h3-10H,15H2,1-2H3,(H,17,18). The molecule has 0 bridgehead atoms. The molecule has 0 spiro atoms. The summed E-state index contributed by atoms with van der Waals surface area (Å²) in [7, 11) is 0. The maximum Gasteiger partial charge on any atom is 0.244 e. The van der Waals surface area contributed by atoms with E-state index in [-0.39, 0.29) is 11.9 Å². The van der Waals surface area contributed by atoms with Gasteiger partial charge >= 0.3 is 0 Å². The molecule has 2 unspecified atom stereocenters. The van der Waals surface area contributed by atoms with Crippen molar-refractivity contribution in [3.63, 3.8) is 0 Å². The molecule has 0 fully saturated rings. The highest BCUT2D eigenvalue weighted by atomic mass is 32.1. The molecule has 0 aliphatic heterocycles. The Morgan fingerprint density at radius 2 is 2.11 bits per heavy atom. The first-order valence-electron chi connectivity index (χ1n) is 6.06. The second-order valence-electron chi connectivity index (χ2n) is 4.63. The summed E-state index contributed by atoms with van der Waals surface area (Å²) in [4.78, 5) is 16.5. The third-order valence-electron chi connectivity index (χ3n) is 3.01. The smallest absolute Gasteiger partial charge is 0.244 e. The van der Waals surface area contributed by atoms with Gasteiger partial charge in [-0.05, 0) is 19.4 Å². The van der Waals surface area contributed by atoms with Crippen molar-refractivity contribution in [1.29, 1.82) is 0 Å². The molecule has 2 rings (SSSR count). The van der Waals surface area contributed by atoms with E-state index in [1.165, 1.54) is 11.3 Å². The average molecular weight is 275 g/mol. The predicted octanol–water partition coefficient (Wildman–Crippen LogP) is 2.19. The molecule has 3 N–H and O–H groups in total. The van der Waals surface area contributed by atoms with Crippen LogP contribution in [-0.4, -0.2) is 10.9 Å². The van der Waals surface area contributed by atoms with E-state index in [1.54, 1.807) is 13.1 Å². The topological polar surface area (TPSA) is 68.0 Å². The molecule has 2 atom stereocenters. The van der Waals surface area contributed by atoms with Crippen LogP contribution in [0.1, 0.15) is 30.5 Å². The molecule has 0 aliphatic rings. The molecule has 4 nitrogen and oxygen atoms in total. The maximum absolute atomic E-state index is 12.3. The lowest BCUT2D eigenvalue weighted by Gasteiger charge is -2.25. The normalized spacial score (nSPS) is 15.5. The van der Waals surface area contributed by atoms with Gasteiger partial charge in [-0.25, -0.2) is 4.98 Å². The van der Waals surface area contributed by atoms with Gasteiger partial charge in [0.25, 0.3) is 0 Å². The third kappa shape index (κ3) is 3.00. The molecule has 100 valence electrons. The summed E-state index contributed by atoms with van der Waals surface area (Å²) in [6.45, 7) is 3.62. The summed E-state index contributed by atoms with van der Waals surface area (Å²) in [5.41, 5.74) is 5.90. The Kier molecular flexibility index (Phi) is 3.97. The van der Waals surface area contributed by atoms with Crippen molar-refractivity contribution in [1.82, 2.24) is 10.3 Å². The first-order valence-corrected chi connectivity index (χ1v) is 6.94. The van der Waals surface area contributed by atoms with Crippen LogP contribution in [0.4, 0.5) is 0 Å². The van der Waals surface area contributed by atoms with Crippen molar-refractivity contribution in [2.75, 3.05) is 0 Å². The van der Waals surface area contributed by atoms with E-state index in [2.05, 4.69) is 10.3 Å². The van der Waals surface area contributed by atoms with Crippen LogP contribution >= 0.6 is 11.3 Å². The van der Waals surface area contributed by atoms with E-state index >= 15 is 0 Å². The lowest BCUT2D eigenvalue weighted by molar-refractivity contribution is -0.126. The zero-order chi connectivity index (χ0) is 13.9. The maximum atomic E-state index is 12.3. The quantitative estimate of drug-likeness (QED) is 0.898. The zero-order valence-electron chi connectivity index (χ0n) is 11.0. The Morgan fingerprint density at radius 3 is 2.68 bits per heavy atom. The Bertz CT molecular complexity index is 537. The Hall–Kier alpha value is -1.72. The number of aromatic nitrogens is 1. The van der Waals surface area contributed by atoms with Gasteiger partial charge in [-0.1, -0.05) is 30.3 Å². The van der Waals surface area contributed by atoms with Crippen molar-refractivity contribution in [2.24, 2.45) is 5.73 Å². The van der Waals surface area contributed by atoms with Crippen LogP contribution in [0.2, 0.25) is 0 Å². The number of benzene rings is 1. The van der Waals surface area contributed by atoms with Gasteiger partial charge in [0.2, 0.25) is 5.91 Å². The molecular weight excluding hydrogens is 258 g/mol. The van der Waals surface area contributed by atoms with Gasteiger partial charge < -0.3 is 11.1 Å². The number of carbonyl (C=O) groups is 1. The Morgan fingerprint density at radius 1 is 1.42 bits per heavy atom. The number of hydrogen-bond donors (Lipinski definition) is 2. The molecule has 1 heterocycles. The molecule has 1 aromatic carbocycles. The molecular formula is C14H17N3OS. The number of hydrogen-bond acceptors (Lipinski definition) is 4. The van der Waals surface area contributed by atoms with E-state index in [0.717, 1.165) is 10.6 Å². The van der Waals surface area contributed by atoms with Gasteiger partial charge in [-0.15, -0.1) is 11.3 Å². The van der Waals surface area contributed by atoms with Crippen LogP contribution in [0.5, 0.6) is 0 Å². The lowest BCUT2D eigenvalue weighted by atomic mass is 9.92. The first-order chi connectivity index (χ1) is 9.01. The number of nitrogens with two attached hydrogens (primary N) is 1. The monoisotopic (exact) mass is 275 g/mol. The number of amides is 1. The van der Waals surface area contributed by atoms with E-state index in [0.29, 0.717) is 0 Å². The number of carbonyl (C=O) groups excluding carboxylic acids is 1. The fourth-order valence-corrected chi connectivity index (χ4v) is 2.42. The van der Waals surface area contributed by atoms with Crippen molar-refractivity contribution >= 4 is 17.2 Å². The molecule has 5 heteroatoms. The van der Waals surface area contributed by atoms with E-state index in [9.17, 15) is 4.79 Å². The summed E-state index contributed by atoms with van der Waals surface area (Å²) in [5.74, 6) is -0.207. The Balaban J connectivity index is 2.11. The van der Waals surface area contributed by atoms with Gasteiger partial charge in [0.1, 0.15) is 10.5 Å². The van der Waals surface area contributed by atoms with Gasteiger partial charge in [-0.2, -0.15) is 0 Å². The Labute approximate surface area is 116 Å².